The number of carbonyl (C=O) groups is 1. The first-order chi connectivity index (χ1) is 9.54. The van der Waals surface area contributed by atoms with E-state index in [9.17, 15) is 9.18 Å². The number of hydrogen-bond acceptors (Lipinski definition) is 2. The maximum Gasteiger partial charge on any atom is 0.255 e. The molecule has 1 rings (SSSR count). The molecule has 0 atom stereocenters. The minimum atomic E-state index is -0.450. The number of hydrogen-bond donors (Lipinski definition) is 1. The van der Waals surface area contributed by atoms with Gasteiger partial charge in [-0.15, -0.1) is 0 Å². The van der Waals surface area contributed by atoms with Gasteiger partial charge in [0, 0.05) is 18.7 Å². The zero-order valence-electron chi connectivity index (χ0n) is 12.1. The van der Waals surface area contributed by atoms with Crippen LogP contribution < -0.4 is 0 Å². The van der Waals surface area contributed by atoms with Crippen LogP contribution in [0.25, 0.3) is 0 Å². The SMILES string of the molecule is CCC(CC)N(C)C(=O)c1ccc(F)cc1C#CCO. The molecule has 1 amide bonds. The third-order valence-corrected chi connectivity index (χ3v) is 3.32. The number of aliphatic hydroxyl groups excluding tert-OH is 1. The highest BCUT2D eigenvalue weighted by Crippen LogP contribution is 2.16. The van der Waals surface area contributed by atoms with Gasteiger partial charge in [0.1, 0.15) is 12.4 Å². The third kappa shape index (κ3) is 3.82. The van der Waals surface area contributed by atoms with E-state index in [1.807, 2.05) is 13.8 Å². The second-order valence-corrected chi connectivity index (χ2v) is 4.54. The molecule has 108 valence electrons. The van der Waals surface area contributed by atoms with Crippen LogP contribution in [0.2, 0.25) is 0 Å². The number of nitrogens with zero attached hydrogens (tertiary/aromatic N) is 1. The van der Waals surface area contributed by atoms with Gasteiger partial charge in [-0.1, -0.05) is 25.7 Å². The van der Waals surface area contributed by atoms with Crippen LogP contribution in [-0.2, 0) is 0 Å². The van der Waals surface area contributed by atoms with Crippen LogP contribution in [0.5, 0.6) is 0 Å². The average Bonchev–Trinajstić information content (AvgIpc) is 2.45. The molecule has 0 spiro atoms. The Kier molecular flexibility index (Phi) is 6.20. The predicted octanol–water partition coefficient (Wildman–Crippen LogP) is 2.43. The van der Waals surface area contributed by atoms with E-state index >= 15 is 0 Å². The van der Waals surface area contributed by atoms with Crippen LogP contribution in [0.15, 0.2) is 18.2 Å². The Labute approximate surface area is 119 Å². The smallest absolute Gasteiger partial charge is 0.255 e. The Hall–Kier alpha value is -1.86. The van der Waals surface area contributed by atoms with Crippen LogP contribution in [0.4, 0.5) is 4.39 Å². The van der Waals surface area contributed by atoms with Crippen LogP contribution >= 0.6 is 0 Å². The van der Waals surface area contributed by atoms with Gasteiger partial charge in [0.15, 0.2) is 0 Å². The van der Waals surface area contributed by atoms with Gasteiger partial charge >= 0.3 is 0 Å². The van der Waals surface area contributed by atoms with Crippen molar-refractivity contribution >= 4 is 5.91 Å². The summed E-state index contributed by atoms with van der Waals surface area (Å²) in [6, 6.07) is 4.05. The van der Waals surface area contributed by atoms with Crippen molar-refractivity contribution in [2.24, 2.45) is 0 Å². The highest BCUT2D eigenvalue weighted by Gasteiger charge is 2.20. The van der Waals surface area contributed by atoms with Gasteiger partial charge in [-0.2, -0.15) is 0 Å². The first-order valence-electron chi connectivity index (χ1n) is 6.71. The molecule has 0 radical (unpaired) electrons. The molecule has 0 saturated carbocycles. The molecule has 20 heavy (non-hydrogen) atoms. The van der Waals surface area contributed by atoms with E-state index in [4.69, 9.17) is 5.11 Å². The van der Waals surface area contributed by atoms with Crippen LogP contribution in [0.1, 0.15) is 42.6 Å². The lowest BCUT2D eigenvalue weighted by molar-refractivity contribution is 0.0723. The Bertz CT molecular complexity index is 527. The van der Waals surface area contributed by atoms with Crippen molar-refractivity contribution in [1.29, 1.82) is 0 Å². The van der Waals surface area contributed by atoms with Crippen molar-refractivity contribution < 1.29 is 14.3 Å². The molecule has 3 nitrogen and oxygen atoms in total. The van der Waals surface area contributed by atoms with E-state index < -0.39 is 5.82 Å². The molecule has 0 saturated heterocycles. The molecule has 0 heterocycles. The molecule has 0 aromatic heterocycles. The normalized spacial score (nSPS) is 10.1. The summed E-state index contributed by atoms with van der Waals surface area (Å²) in [7, 11) is 1.74. The lowest BCUT2D eigenvalue weighted by Gasteiger charge is -2.26. The van der Waals surface area contributed by atoms with Crippen molar-refractivity contribution in [3.8, 4) is 11.8 Å². The molecule has 0 aliphatic rings. The highest BCUT2D eigenvalue weighted by molar-refractivity contribution is 5.96. The molecule has 4 heteroatoms. The Morgan fingerprint density at radius 2 is 2.05 bits per heavy atom. The van der Waals surface area contributed by atoms with Crippen LogP contribution in [0, 0.1) is 17.7 Å². The number of carbonyl (C=O) groups excluding carboxylic acids is 1. The number of halogens is 1. The maximum absolute atomic E-state index is 13.3. The third-order valence-electron chi connectivity index (χ3n) is 3.32. The average molecular weight is 277 g/mol. The molecule has 0 aliphatic carbocycles. The standard InChI is InChI=1S/C16H20FNO2/c1-4-14(5-2)18(3)16(20)15-9-8-13(17)11-12(15)7-6-10-19/h8-9,11,14,19H,4-5,10H2,1-3H3. The molecular weight excluding hydrogens is 257 g/mol. The summed E-state index contributed by atoms with van der Waals surface area (Å²) in [5.41, 5.74) is 0.670. The van der Waals surface area contributed by atoms with Crippen molar-refractivity contribution in [1.82, 2.24) is 4.90 Å². The lowest BCUT2D eigenvalue weighted by Crippen LogP contribution is -2.36. The lowest BCUT2D eigenvalue weighted by atomic mass is 10.0. The molecule has 1 N–H and O–H groups in total. The monoisotopic (exact) mass is 277 g/mol. The summed E-state index contributed by atoms with van der Waals surface area (Å²) >= 11 is 0. The van der Waals surface area contributed by atoms with Crippen molar-refractivity contribution in [2.45, 2.75) is 32.7 Å². The number of amides is 1. The second kappa shape index (κ2) is 7.66. The first kappa shape index (κ1) is 16.2. The maximum atomic E-state index is 13.3. The van der Waals surface area contributed by atoms with Gasteiger partial charge in [-0.3, -0.25) is 4.79 Å². The van der Waals surface area contributed by atoms with Gasteiger partial charge in [-0.05, 0) is 31.0 Å². The first-order valence-corrected chi connectivity index (χ1v) is 6.71. The van der Waals surface area contributed by atoms with E-state index in [1.54, 1.807) is 11.9 Å². The minimum absolute atomic E-state index is 0.145. The highest BCUT2D eigenvalue weighted by atomic mass is 19.1. The summed E-state index contributed by atoms with van der Waals surface area (Å²) in [6.07, 6.45) is 1.72. The summed E-state index contributed by atoms with van der Waals surface area (Å²) in [4.78, 5) is 14.1. The van der Waals surface area contributed by atoms with Gasteiger partial charge in [0.2, 0.25) is 0 Å². The number of rotatable bonds is 4. The molecule has 0 unspecified atom stereocenters. The zero-order valence-corrected chi connectivity index (χ0v) is 12.1. The van der Waals surface area contributed by atoms with Crippen LogP contribution in [0.3, 0.4) is 0 Å². The van der Waals surface area contributed by atoms with E-state index in [-0.39, 0.29) is 18.6 Å². The zero-order chi connectivity index (χ0) is 15.1. The van der Waals surface area contributed by atoms with E-state index in [0.29, 0.717) is 11.1 Å². The fourth-order valence-corrected chi connectivity index (χ4v) is 2.13. The van der Waals surface area contributed by atoms with Crippen molar-refractivity contribution in [2.75, 3.05) is 13.7 Å². The van der Waals surface area contributed by atoms with Gasteiger partial charge in [0.05, 0.1) is 5.56 Å². The second-order valence-electron chi connectivity index (χ2n) is 4.54. The van der Waals surface area contributed by atoms with Gasteiger partial charge in [0.25, 0.3) is 5.91 Å². The van der Waals surface area contributed by atoms with Gasteiger partial charge < -0.3 is 10.0 Å². The quantitative estimate of drug-likeness (QED) is 0.859. The van der Waals surface area contributed by atoms with E-state index in [0.717, 1.165) is 12.8 Å². The fraction of sp³-hybridized carbons (Fsp3) is 0.438. The Morgan fingerprint density at radius 1 is 1.40 bits per heavy atom. The molecule has 0 bridgehead atoms. The molecular formula is C16H20FNO2. The molecule has 1 aromatic carbocycles. The topological polar surface area (TPSA) is 40.5 Å². The number of benzene rings is 1. The summed E-state index contributed by atoms with van der Waals surface area (Å²) < 4.78 is 13.3. The van der Waals surface area contributed by atoms with Crippen LogP contribution in [-0.4, -0.2) is 35.6 Å². The van der Waals surface area contributed by atoms with E-state index in [2.05, 4.69) is 11.8 Å². The summed E-state index contributed by atoms with van der Waals surface area (Å²) in [5.74, 6) is 4.45. The Balaban J connectivity index is 3.15. The molecule has 1 aromatic rings. The predicted molar refractivity (Wildman–Crippen MR) is 76.8 cm³/mol. The Morgan fingerprint density at radius 3 is 2.60 bits per heavy atom. The molecule has 0 aliphatic heterocycles. The van der Waals surface area contributed by atoms with Gasteiger partial charge in [-0.25, -0.2) is 4.39 Å². The fourth-order valence-electron chi connectivity index (χ4n) is 2.13. The largest absolute Gasteiger partial charge is 0.384 e. The summed E-state index contributed by atoms with van der Waals surface area (Å²) in [5, 5.41) is 8.74. The van der Waals surface area contributed by atoms with Crippen molar-refractivity contribution in [3.05, 3.63) is 35.1 Å². The summed E-state index contributed by atoms with van der Waals surface area (Å²) in [6.45, 7) is 3.72. The minimum Gasteiger partial charge on any atom is -0.384 e. The van der Waals surface area contributed by atoms with E-state index in [1.165, 1.54) is 18.2 Å². The number of aliphatic hydroxyl groups is 1. The van der Waals surface area contributed by atoms with Crippen molar-refractivity contribution in [3.63, 3.8) is 0 Å². The molecule has 0 fully saturated rings.